The molecular weight excluding hydrogens is 988 g/mol. The van der Waals surface area contributed by atoms with Crippen LogP contribution in [0.1, 0.15) is 323 Å². The highest BCUT2D eigenvalue weighted by molar-refractivity contribution is 7.47. The van der Waals surface area contributed by atoms with E-state index < -0.39 is 20.0 Å². The van der Waals surface area contributed by atoms with Gasteiger partial charge >= 0.3 is 13.8 Å². The van der Waals surface area contributed by atoms with Crippen molar-refractivity contribution in [3.8, 4) is 0 Å². The molecule has 2 N–H and O–H groups in total. The fraction of sp³-hybridized carbons (Fsp3) is 0.853. The number of carbonyl (C=O) groups excluding carboxylic acids is 2. The molecule has 0 spiro atoms. The Balaban J connectivity index is 4.97. The summed E-state index contributed by atoms with van der Waals surface area (Å²) in [7, 11) is 1.49. The summed E-state index contributed by atoms with van der Waals surface area (Å²) in [6.45, 7) is 6.90. The maximum absolute atomic E-state index is 13.5. The van der Waals surface area contributed by atoms with Gasteiger partial charge in [-0.3, -0.25) is 18.6 Å². The van der Waals surface area contributed by atoms with Gasteiger partial charge in [-0.1, -0.05) is 307 Å². The quantitative estimate of drug-likeness (QED) is 0.0156. The highest BCUT2D eigenvalue weighted by atomic mass is 31.2. The zero-order valence-corrected chi connectivity index (χ0v) is 53.3. The van der Waals surface area contributed by atoms with Gasteiger partial charge in [-0.25, -0.2) is 4.57 Å². The summed E-state index contributed by atoms with van der Waals surface area (Å²) in [5.41, 5.74) is 0. The van der Waals surface area contributed by atoms with Crippen molar-refractivity contribution in [3.63, 3.8) is 0 Å². The Labute approximate surface area is 484 Å². The lowest BCUT2D eigenvalue weighted by atomic mass is 10.0. The van der Waals surface area contributed by atoms with Crippen molar-refractivity contribution < 1.29 is 37.3 Å². The molecule has 0 aliphatic carbocycles. The van der Waals surface area contributed by atoms with Crippen LogP contribution in [0.3, 0.4) is 0 Å². The molecule has 78 heavy (non-hydrogen) atoms. The second kappa shape index (κ2) is 58.2. The average molecular weight is 1120 g/mol. The number of esters is 1. The monoisotopic (exact) mass is 1120 g/mol. The van der Waals surface area contributed by atoms with E-state index in [9.17, 15) is 19.0 Å². The van der Waals surface area contributed by atoms with Crippen LogP contribution in [0.4, 0.5) is 0 Å². The second-order valence-electron chi connectivity index (χ2n) is 24.0. The van der Waals surface area contributed by atoms with E-state index in [2.05, 4.69) is 62.5 Å². The molecule has 0 aromatic carbocycles. The SMILES string of the molecule is CC/C=C/C=C/C=C\CCCCCCCC(=O)NC(COP(=O)(O)OCC[N+](C)(C)C)C(/C=C\CCCCCCCCCCCC)OC(=O)CCCCCCCCCCCCCCCCCCCCCCCCCCCCC. The van der Waals surface area contributed by atoms with E-state index in [1.807, 2.05) is 33.3 Å². The molecule has 9 nitrogen and oxygen atoms in total. The number of hydrogen-bond donors (Lipinski definition) is 2. The molecule has 10 heteroatoms. The van der Waals surface area contributed by atoms with E-state index in [1.165, 1.54) is 205 Å². The van der Waals surface area contributed by atoms with Gasteiger partial charge in [-0.2, -0.15) is 0 Å². The van der Waals surface area contributed by atoms with E-state index in [1.54, 1.807) is 0 Å². The zero-order valence-electron chi connectivity index (χ0n) is 52.4. The first kappa shape index (κ1) is 76.0. The molecule has 0 rings (SSSR count). The van der Waals surface area contributed by atoms with E-state index in [0.717, 1.165) is 83.5 Å². The van der Waals surface area contributed by atoms with Gasteiger partial charge in [0.2, 0.25) is 5.91 Å². The summed E-state index contributed by atoms with van der Waals surface area (Å²) in [4.78, 5) is 37.7. The van der Waals surface area contributed by atoms with Crippen molar-refractivity contribution in [1.29, 1.82) is 0 Å². The fourth-order valence-corrected chi connectivity index (χ4v) is 10.7. The summed E-state index contributed by atoms with van der Waals surface area (Å²) >= 11 is 0. The number of phosphoric ester groups is 1. The van der Waals surface area contributed by atoms with E-state index >= 15 is 0 Å². The zero-order chi connectivity index (χ0) is 57.2. The van der Waals surface area contributed by atoms with Crippen LogP contribution >= 0.6 is 7.82 Å². The van der Waals surface area contributed by atoms with Crippen molar-refractivity contribution in [3.05, 3.63) is 48.6 Å². The third-order valence-corrected chi connectivity index (χ3v) is 16.1. The topological polar surface area (TPSA) is 111 Å². The van der Waals surface area contributed by atoms with Crippen molar-refractivity contribution in [2.24, 2.45) is 0 Å². The molecule has 0 radical (unpaired) electrons. The number of rotatable bonds is 61. The smallest absolute Gasteiger partial charge is 0.456 e. The van der Waals surface area contributed by atoms with E-state index in [-0.39, 0.29) is 25.1 Å². The summed E-state index contributed by atoms with van der Waals surface area (Å²) < 4.78 is 30.7. The first-order chi connectivity index (χ1) is 37.9. The van der Waals surface area contributed by atoms with Crippen LogP contribution in [-0.4, -0.2) is 74.3 Å². The third-order valence-electron chi connectivity index (χ3n) is 15.1. The van der Waals surface area contributed by atoms with Crippen molar-refractivity contribution in [2.45, 2.75) is 335 Å². The van der Waals surface area contributed by atoms with Crippen molar-refractivity contribution >= 4 is 19.7 Å². The first-order valence-electron chi connectivity index (χ1n) is 33.5. The third kappa shape index (κ3) is 58.6. The number of quaternary nitrogens is 1. The highest BCUT2D eigenvalue weighted by Gasteiger charge is 2.30. The standard InChI is InChI=1S/C68H129N2O7P/c1-7-10-13-16-19-22-25-28-29-30-31-32-33-34-35-36-37-38-39-40-41-43-46-49-52-55-58-61-68(72)77-66(59-56-53-50-47-44-27-24-21-18-15-12-9-3)65(64-76-78(73,74)75-63-62-70(4,5)6)69-67(71)60-57-54-51-48-45-42-26-23-20-17-14-11-8-2/h11,14,17,20,23,26,56,59,65-66H,7-10,12-13,15-16,18-19,21-22,24-25,27-55,57-58,60-64H2,1-6H3,(H-,69,71,73,74)/p+1/b14-11+,20-17+,26-23-,59-56-. The molecule has 458 valence electrons. The number of nitrogens with zero attached hydrogens (tertiary/aromatic N) is 1. The molecule has 0 saturated carbocycles. The van der Waals surface area contributed by atoms with Gasteiger partial charge in [0.1, 0.15) is 19.3 Å². The minimum Gasteiger partial charge on any atom is -0.456 e. The van der Waals surface area contributed by atoms with Gasteiger partial charge in [0.25, 0.3) is 0 Å². The number of carbonyl (C=O) groups is 2. The normalized spacial score (nSPS) is 13.9. The Hall–Kier alpha value is -2.03. The highest BCUT2D eigenvalue weighted by Crippen LogP contribution is 2.43. The molecule has 0 bridgehead atoms. The number of phosphoric acid groups is 1. The van der Waals surface area contributed by atoms with Crippen molar-refractivity contribution in [1.82, 2.24) is 5.32 Å². The number of amides is 1. The average Bonchev–Trinajstić information content (AvgIpc) is 3.40. The maximum Gasteiger partial charge on any atom is 0.472 e. The van der Waals surface area contributed by atoms with Gasteiger partial charge in [-0.15, -0.1) is 0 Å². The minimum absolute atomic E-state index is 0.0368. The fourth-order valence-electron chi connectivity index (χ4n) is 9.94. The molecule has 3 unspecified atom stereocenters. The molecule has 0 heterocycles. The molecule has 3 atom stereocenters. The van der Waals surface area contributed by atoms with Gasteiger partial charge in [0, 0.05) is 12.8 Å². The van der Waals surface area contributed by atoms with Crippen LogP contribution in [0.15, 0.2) is 48.6 Å². The van der Waals surface area contributed by atoms with E-state index in [0.29, 0.717) is 23.9 Å². The van der Waals surface area contributed by atoms with Crippen LogP contribution in [0, 0.1) is 0 Å². The van der Waals surface area contributed by atoms with Crippen LogP contribution in [-0.2, 0) is 27.9 Å². The minimum atomic E-state index is -4.45. The molecule has 0 aliphatic heterocycles. The number of hydrogen-bond acceptors (Lipinski definition) is 6. The van der Waals surface area contributed by atoms with Gasteiger partial charge in [0.15, 0.2) is 0 Å². The number of nitrogens with one attached hydrogen (secondary N) is 1. The van der Waals surface area contributed by atoms with Crippen molar-refractivity contribution in [2.75, 3.05) is 40.9 Å². The Kier molecular flexibility index (Phi) is 56.7. The molecule has 1 amide bonds. The van der Waals surface area contributed by atoms with Crippen LogP contribution in [0.5, 0.6) is 0 Å². The second-order valence-corrected chi connectivity index (χ2v) is 25.5. The summed E-state index contributed by atoms with van der Waals surface area (Å²) in [5, 5.41) is 3.05. The number of unbranched alkanes of at least 4 members (excludes halogenated alkanes) is 41. The first-order valence-corrected chi connectivity index (χ1v) is 35.0. The van der Waals surface area contributed by atoms with Gasteiger partial charge < -0.3 is 19.4 Å². The maximum atomic E-state index is 13.5. The number of ether oxygens (including phenoxy) is 1. The summed E-state index contributed by atoms with van der Waals surface area (Å²) in [6.07, 6.45) is 72.8. The molecule has 0 aromatic heterocycles. The van der Waals surface area contributed by atoms with Gasteiger partial charge in [-0.05, 0) is 51.0 Å². The Morgan fingerprint density at radius 2 is 0.821 bits per heavy atom. The lowest BCUT2D eigenvalue weighted by Crippen LogP contribution is -2.47. The Morgan fingerprint density at radius 1 is 0.462 bits per heavy atom. The summed E-state index contributed by atoms with van der Waals surface area (Å²) in [5.74, 6) is -0.517. The van der Waals surface area contributed by atoms with Crippen LogP contribution in [0.2, 0.25) is 0 Å². The number of likely N-dealkylation sites (N-methyl/N-ethyl adjacent to an activating group) is 1. The van der Waals surface area contributed by atoms with Crippen LogP contribution < -0.4 is 5.32 Å². The van der Waals surface area contributed by atoms with Gasteiger partial charge in [0.05, 0.1) is 33.8 Å². The lowest BCUT2D eigenvalue weighted by Gasteiger charge is -2.27. The molecular formula is C68H130N2O7P+. The molecule has 0 aliphatic rings. The number of allylic oxidation sites excluding steroid dienone is 7. The molecule has 0 aromatic rings. The molecule has 0 fully saturated rings. The molecule has 0 saturated heterocycles. The Bertz CT molecular complexity index is 1470. The summed E-state index contributed by atoms with van der Waals surface area (Å²) in [6, 6.07) is -0.857. The largest absolute Gasteiger partial charge is 0.472 e. The lowest BCUT2D eigenvalue weighted by molar-refractivity contribution is -0.870. The predicted octanol–water partition coefficient (Wildman–Crippen LogP) is 20.8. The van der Waals surface area contributed by atoms with Crippen LogP contribution in [0.25, 0.3) is 0 Å². The predicted molar refractivity (Wildman–Crippen MR) is 337 cm³/mol. The van der Waals surface area contributed by atoms with E-state index in [4.69, 9.17) is 13.8 Å². The Morgan fingerprint density at radius 3 is 1.22 bits per heavy atom.